The number of carbonyl (C=O) groups is 1. The molecule has 0 aliphatic heterocycles. The van der Waals surface area contributed by atoms with E-state index in [4.69, 9.17) is 4.74 Å². The predicted octanol–water partition coefficient (Wildman–Crippen LogP) is 4.30. The molecule has 0 radical (unpaired) electrons. The Balaban J connectivity index is 1.72. The van der Waals surface area contributed by atoms with Crippen molar-refractivity contribution in [1.29, 1.82) is 0 Å². The summed E-state index contributed by atoms with van der Waals surface area (Å²) in [6.45, 7) is 5.62. The minimum Gasteiger partial charge on any atom is -0.497 e. The van der Waals surface area contributed by atoms with Crippen LogP contribution >= 0.6 is 0 Å². The monoisotopic (exact) mass is 374 g/mol. The third kappa shape index (κ3) is 5.13. The molecule has 0 aliphatic rings. The van der Waals surface area contributed by atoms with Gasteiger partial charge in [-0.15, -0.1) is 6.58 Å². The first-order chi connectivity index (χ1) is 13.7. The molecule has 144 valence electrons. The zero-order chi connectivity index (χ0) is 19.8. The lowest BCUT2D eigenvalue weighted by Crippen LogP contribution is -2.32. The first-order valence-electron chi connectivity index (χ1n) is 9.39. The Kier molecular flexibility index (Phi) is 6.68. The van der Waals surface area contributed by atoms with Crippen LogP contribution in [0.3, 0.4) is 0 Å². The summed E-state index contributed by atoms with van der Waals surface area (Å²) in [5.41, 5.74) is 3.27. The largest absolute Gasteiger partial charge is 0.497 e. The number of amides is 1. The van der Waals surface area contributed by atoms with Crippen LogP contribution in [-0.2, 0) is 24.3 Å². The molecule has 3 rings (SSSR count). The number of nitrogens with zero attached hydrogens (tertiary/aromatic N) is 2. The van der Waals surface area contributed by atoms with Gasteiger partial charge in [0.15, 0.2) is 0 Å². The summed E-state index contributed by atoms with van der Waals surface area (Å²) < 4.78 is 7.48. The molecule has 0 saturated heterocycles. The van der Waals surface area contributed by atoms with Crippen LogP contribution in [0.4, 0.5) is 0 Å². The van der Waals surface area contributed by atoms with Gasteiger partial charge in [0.1, 0.15) is 5.75 Å². The highest BCUT2D eigenvalue weighted by Gasteiger charge is 2.15. The first kappa shape index (κ1) is 19.5. The average Bonchev–Trinajstić information content (AvgIpc) is 3.15. The number of hydrogen-bond acceptors (Lipinski definition) is 2. The molecule has 4 nitrogen and oxygen atoms in total. The summed E-state index contributed by atoms with van der Waals surface area (Å²) in [5, 5.41) is 0. The van der Waals surface area contributed by atoms with Crippen molar-refractivity contribution in [2.45, 2.75) is 19.5 Å². The summed E-state index contributed by atoms with van der Waals surface area (Å²) in [6.07, 6.45) is 4.21. The molecule has 0 aliphatic carbocycles. The quantitative estimate of drug-likeness (QED) is 0.523. The maximum Gasteiger partial charge on any atom is 0.227 e. The molecule has 0 spiro atoms. The van der Waals surface area contributed by atoms with Crippen LogP contribution in [0.25, 0.3) is 0 Å². The van der Waals surface area contributed by atoms with E-state index < -0.39 is 0 Å². The summed E-state index contributed by atoms with van der Waals surface area (Å²) in [6, 6.07) is 22.0. The Bertz CT molecular complexity index is 915. The Morgan fingerprint density at radius 3 is 2.61 bits per heavy atom. The molecule has 1 amide bonds. The van der Waals surface area contributed by atoms with Crippen molar-refractivity contribution in [2.24, 2.45) is 0 Å². The fourth-order valence-corrected chi connectivity index (χ4v) is 3.20. The van der Waals surface area contributed by atoms with Gasteiger partial charge >= 0.3 is 0 Å². The van der Waals surface area contributed by atoms with Crippen LogP contribution in [0.2, 0.25) is 0 Å². The third-order valence-electron chi connectivity index (χ3n) is 4.66. The lowest BCUT2D eigenvalue weighted by atomic mass is 10.1. The normalized spacial score (nSPS) is 10.5. The fourth-order valence-electron chi connectivity index (χ4n) is 3.20. The van der Waals surface area contributed by atoms with Crippen LogP contribution < -0.4 is 4.74 Å². The fraction of sp³-hybridized carbons (Fsp3) is 0.208. The van der Waals surface area contributed by atoms with E-state index in [-0.39, 0.29) is 5.91 Å². The summed E-state index contributed by atoms with van der Waals surface area (Å²) in [5.74, 6) is 0.942. The molecule has 1 heterocycles. The van der Waals surface area contributed by atoms with E-state index in [1.807, 2.05) is 65.7 Å². The second-order valence-corrected chi connectivity index (χ2v) is 6.70. The Morgan fingerprint density at radius 2 is 1.86 bits per heavy atom. The van der Waals surface area contributed by atoms with Gasteiger partial charge < -0.3 is 14.2 Å². The number of hydrogen-bond donors (Lipinski definition) is 0. The molecule has 0 unspecified atom stereocenters. The third-order valence-corrected chi connectivity index (χ3v) is 4.66. The number of benzene rings is 2. The van der Waals surface area contributed by atoms with Crippen molar-refractivity contribution >= 4 is 5.91 Å². The number of ether oxygens (including phenoxy) is 1. The van der Waals surface area contributed by atoms with E-state index in [0.717, 1.165) is 29.1 Å². The molecule has 0 bridgehead atoms. The molecule has 0 fully saturated rings. The van der Waals surface area contributed by atoms with Gasteiger partial charge in [-0.25, -0.2) is 0 Å². The first-order valence-corrected chi connectivity index (χ1v) is 9.39. The van der Waals surface area contributed by atoms with E-state index in [0.29, 0.717) is 19.5 Å². The molecule has 0 N–H and O–H groups in total. The molecule has 3 aromatic rings. The molecule has 4 heteroatoms. The molecular weight excluding hydrogens is 348 g/mol. The molecule has 2 aromatic carbocycles. The van der Waals surface area contributed by atoms with Gasteiger partial charge in [-0.1, -0.05) is 48.5 Å². The number of carbonyl (C=O) groups excluding carboxylic acids is 1. The van der Waals surface area contributed by atoms with Crippen molar-refractivity contribution in [2.75, 3.05) is 13.7 Å². The van der Waals surface area contributed by atoms with Gasteiger partial charge in [0.2, 0.25) is 5.91 Å². The van der Waals surface area contributed by atoms with Crippen molar-refractivity contribution in [1.82, 2.24) is 9.47 Å². The van der Waals surface area contributed by atoms with Crippen LogP contribution in [0.5, 0.6) is 5.75 Å². The maximum atomic E-state index is 12.8. The Morgan fingerprint density at radius 1 is 1.07 bits per heavy atom. The smallest absolute Gasteiger partial charge is 0.227 e. The minimum absolute atomic E-state index is 0.0974. The van der Waals surface area contributed by atoms with Crippen LogP contribution in [0.15, 0.2) is 85.6 Å². The van der Waals surface area contributed by atoms with Crippen molar-refractivity contribution in [3.05, 3.63) is 102 Å². The Hall–Kier alpha value is -3.27. The van der Waals surface area contributed by atoms with Crippen LogP contribution in [-0.4, -0.2) is 29.0 Å². The average molecular weight is 374 g/mol. The minimum atomic E-state index is 0.0974. The molecule has 0 atom stereocenters. The lowest BCUT2D eigenvalue weighted by molar-refractivity contribution is -0.130. The highest BCUT2D eigenvalue weighted by atomic mass is 16.5. The zero-order valence-electron chi connectivity index (χ0n) is 16.3. The van der Waals surface area contributed by atoms with Gasteiger partial charge in [0.05, 0.1) is 20.1 Å². The molecule has 28 heavy (non-hydrogen) atoms. The Labute approximate surface area is 166 Å². The molecule has 0 saturated carbocycles. The van der Waals surface area contributed by atoms with E-state index in [2.05, 4.69) is 23.3 Å². The standard InChI is InChI=1S/C24H26N2O2/c1-3-14-26(24(27)17-20-9-5-4-6-10-20)19-22-12-8-15-25(22)18-21-11-7-13-23(16-21)28-2/h3-13,15-16H,1,14,17-19H2,2H3. The molecular formula is C24H26N2O2. The highest BCUT2D eigenvalue weighted by Crippen LogP contribution is 2.16. The van der Waals surface area contributed by atoms with Crippen LogP contribution in [0, 0.1) is 0 Å². The molecule has 1 aromatic heterocycles. The van der Waals surface area contributed by atoms with Crippen molar-refractivity contribution in [3.63, 3.8) is 0 Å². The van der Waals surface area contributed by atoms with E-state index in [1.165, 1.54) is 0 Å². The summed E-state index contributed by atoms with van der Waals surface area (Å²) in [7, 11) is 1.67. The SMILES string of the molecule is C=CCN(Cc1cccn1Cc1cccc(OC)c1)C(=O)Cc1ccccc1. The van der Waals surface area contributed by atoms with Gasteiger partial charge in [0.25, 0.3) is 0 Å². The predicted molar refractivity (Wildman–Crippen MR) is 112 cm³/mol. The summed E-state index contributed by atoms with van der Waals surface area (Å²) >= 11 is 0. The topological polar surface area (TPSA) is 34.5 Å². The van der Waals surface area contributed by atoms with E-state index >= 15 is 0 Å². The number of methoxy groups -OCH3 is 1. The number of rotatable bonds is 9. The van der Waals surface area contributed by atoms with Gasteiger partial charge in [-0.3, -0.25) is 4.79 Å². The van der Waals surface area contributed by atoms with E-state index in [1.54, 1.807) is 13.2 Å². The summed E-state index contributed by atoms with van der Waals surface area (Å²) in [4.78, 5) is 14.7. The second kappa shape index (κ2) is 9.60. The van der Waals surface area contributed by atoms with Gasteiger partial charge in [0, 0.05) is 25.0 Å². The van der Waals surface area contributed by atoms with Gasteiger partial charge in [-0.05, 0) is 35.4 Å². The lowest BCUT2D eigenvalue weighted by Gasteiger charge is -2.22. The van der Waals surface area contributed by atoms with E-state index in [9.17, 15) is 4.79 Å². The van der Waals surface area contributed by atoms with Crippen molar-refractivity contribution < 1.29 is 9.53 Å². The maximum absolute atomic E-state index is 12.8. The highest BCUT2D eigenvalue weighted by molar-refractivity contribution is 5.78. The van der Waals surface area contributed by atoms with Crippen molar-refractivity contribution in [3.8, 4) is 5.75 Å². The number of aromatic nitrogens is 1. The zero-order valence-corrected chi connectivity index (χ0v) is 16.3. The van der Waals surface area contributed by atoms with Crippen LogP contribution in [0.1, 0.15) is 16.8 Å². The van der Waals surface area contributed by atoms with Gasteiger partial charge in [-0.2, -0.15) is 0 Å². The second-order valence-electron chi connectivity index (χ2n) is 6.70.